The van der Waals surface area contributed by atoms with Gasteiger partial charge in [-0.05, 0) is 102 Å². The number of hydrogen-bond donors (Lipinski definition) is 0. The van der Waals surface area contributed by atoms with Crippen LogP contribution in [0.4, 0.5) is 8.78 Å². The molecule has 1 aliphatic carbocycles. The molecular formula is C31H38F2IN5O. The molecule has 0 spiro atoms. The molecule has 0 atom stereocenters. The summed E-state index contributed by atoms with van der Waals surface area (Å²) in [7, 11) is 0. The maximum Gasteiger partial charge on any atom is 0.333 e. The maximum absolute atomic E-state index is 14.3. The molecule has 214 valence electrons. The van der Waals surface area contributed by atoms with Gasteiger partial charge in [-0.1, -0.05) is 18.6 Å². The number of piperidine rings is 1. The third kappa shape index (κ3) is 6.14. The Morgan fingerprint density at radius 2 is 1.77 bits per heavy atom. The smallest absolute Gasteiger partial charge is 0.303 e. The van der Waals surface area contributed by atoms with Gasteiger partial charge in [-0.25, -0.2) is 4.79 Å². The molecule has 2 aliphatic rings. The largest absolute Gasteiger partial charge is 0.333 e. The van der Waals surface area contributed by atoms with Gasteiger partial charge in [0.25, 0.3) is 0 Å². The first-order valence-corrected chi connectivity index (χ1v) is 15.6. The molecule has 1 saturated heterocycles. The number of alkyl halides is 3. The average Bonchev–Trinajstić information content (AvgIpc) is 3.18. The van der Waals surface area contributed by atoms with E-state index in [0.717, 1.165) is 66.1 Å². The van der Waals surface area contributed by atoms with Crippen LogP contribution < -0.4 is 5.69 Å². The quantitative estimate of drug-likeness (QED) is 0.184. The van der Waals surface area contributed by atoms with Crippen LogP contribution in [0.25, 0.3) is 16.7 Å². The molecule has 2 heterocycles. The van der Waals surface area contributed by atoms with Crippen LogP contribution in [0, 0.1) is 17.2 Å². The van der Waals surface area contributed by atoms with Gasteiger partial charge in [-0.2, -0.15) is 14.0 Å². The lowest BCUT2D eigenvalue weighted by atomic mass is 9.88. The number of likely N-dealkylation sites (tertiary alicyclic amines) is 1. The van der Waals surface area contributed by atoms with E-state index in [9.17, 15) is 18.8 Å². The highest BCUT2D eigenvalue weighted by atomic mass is 127. The predicted molar refractivity (Wildman–Crippen MR) is 163 cm³/mol. The molecule has 0 unspecified atom stereocenters. The highest BCUT2D eigenvalue weighted by Crippen LogP contribution is 2.38. The number of nitriles is 1. The number of benzene rings is 2. The van der Waals surface area contributed by atoms with Gasteiger partial charge in [-0.3, -0.25) is 14.0 Å². The molecule has 0 N–H and O–H groups in total. The van der Waals surface area contributed by atoms with Gasteiger partial charge in [0.2, 0.25) is 0 Å². The second kappa shape index (κ2) is 12.3. The van der Waals surface area contributed by atoms with E-state index >= 15 is 0 Å². The molecule has 5 rings (SSSR count). The van der Waals surface area contributed by atoms with Crippen molar-refractivity contribution in [1.82, 2.24) is 18.9 Å². The van der Waals surface area contributed by atoms with Crippen LogP contribution in [0.2, 0.25) is 0 Å². The SMILES string of the molecule is CC(C)N(CC1CCN(CCCn2c(=O)n(-c3ccc(C#N)c(C(F)(F)I)c3)c3ccccc32)CC1)C1CCC1. The highest BCUT2D eigenvalue weighted by molar-refractivity contribution is 14.1. The number of hydrogen-bond acceptors (Lipinski definition) is 4. The fourth-order valence-electron chi connectivity index (χ4n) is 6.32. The minimum atomic E-state index is -3.22. The van der Waals surface area contributed by atoms with Gasteiger partial charge >= 0.3 is 9.62 Å². The molecule has 2 aromatic carbocycles. The first kappa shape index (κ1) is 29.2. The fraction of sp³-hybridized carbons (Fsp3) is 0.548. The standard InChI is InChI=1S/C31H38F2IN5O/c1-22(2)38(25-7-5-8-25)21-23-13-17-36(18-14-23)15-6-16-37-28-9-3-4-10-29(28)39(30(37)40)26-12-11-24(20-35)27(19-26)31(32,33)34/h3-4,9-12,19,22-23,25H,5-8,13-18,21H2,1-2H3. The zero-order valence-corrected chi connectivity index (χ0v) is 25.5. The topological polar surface area (TPSA) is 57.2 Å². The molecule has 40 heavy (non-hydrogen) atoms. The first-order chi connectivity index (χ1) is 19.2. The van der Waals surface area contributed by atoms with Crippen LogP contribution in [-0.2, 0) is 10.5 Å². The molecule has 0 radical (unpaired) electrons. The lowest BCUT2D eigenvalue weighted by Gasteiger charge is -2.43. The molecule has 1 aromatic heterocycles. The summed E-state index contributed by atoms with van der Waals surface area (Å²) in [5, 5.41) is 9.32. The number of halogens is 3. The Morgan fingerprint density at radius 3 is 2.38 bits per heavy atom. The van der Waals surface area contributed by atoms with Crippen LogP contribution in [0.15, 0.2) is 47.3 Å². The molecular weight excluding hydrogens is 623 g/mol. The van der Waals surface area contributed by atoms with Crippen molar-refractivity contribution in [2.45, 2.75) is 74.9 Å². The van der Waals surface area contributed by atoms with E-state index < -0.39 is 3.93 Å². The van der Waals surface area contributed by atoms with Crippen molar-refractivity contribution in [2.75, 3.05) is 26.2 Å². The monoisotopic (exact) mass is 661 g/mol. The molecule has 0 amide bonds. The summed E-state index contributed by atoms with van der Waals surface area (Å²) in [6.07, 6.45) is 7.35. The lowest BCUT2D eigenvalue weighted by molar-refractivity contribution is 0.0579. The van der Waals surface area contributed by atoms with Crippen molar-refractivity contribution >= 4 is 33.6 Å². The number of aromatic nitrogens is 2. The minimum Gasteiger partial charge on any atom is -0.303 e. The van der Waals surface area contributed by atoms with Crippen molar-refractivity contribution in [3.63, 3.8) is 0 Å². The third-order valence-corrected chi connectivity index (χ3v) is 9.34. The number of imidazole rings is 1. The van der Waals surface area contributed by atoms with E-state index in [1.54, 1.807) is 10.6 Å². The molecule has 3 aromatic rings. The Bertz CT molecular complexity index is 1420. The zero-order chi connectivity index (χ0) is 28.4. The number of aryl methyl sites for hydroxylation is 1. The molecule has 1 saturated carbocycles. The van der Waals surface area contributed by atoms with Crippen LogP contribution in [0.1, 0.15) is 63.5 Å². The predicted octanol–water partition coefficient (Wildman–Crippen LogP) is 6.51. The summed E-state index contributed by atoms with van der Waals surface area (Å²) >= 11 is 1.03. The average molecular weight is 662 g/mol. The van der Waals surface area contributed by atoms with Crippen LogP contribution in [-0.4, -0.2) is 57.2 Å². The van der Waals surface area contributed by atoms with E-state index in [1.807, 2.05) is 30.3 Å². The summed E-state index contributed by atoms with van der Waals surface area (Å²) in [5.41, 5.74) is 1.06. The summed E-state index contributed by atoms with van der Waals surface area (Å²) in [4.78, 5) is 18.9. The second-order valence-electron chi connectivity index (χ2n) is 11.6. The summed E-state index contributed by atoms with van der Waals surface area (Å²) in [6.45, 7) is 9.53. The number of fused-ring (bicyclic) bond motifs is 1. The third-order valence-electron chi connectivity index (χ3n) is 8.76. The fourth-order valence-corrected chi connectivity index (χ4v) is 6.77. The van der Waals surface area contributed by atoms with E-state index in [0.29, 0.717) is 23.8 Å². The lowest BCUT2D eigenvalue weighted by Crippen LogP contribution is -2.48. The van der Waals surface area contributed by atoms with E-state index in [1.165, 1.54) is 55.3 Å². The van der Waals surface area contributed by atoms with E-state index in [2.05, 4.69) is 23.6 Å². The Hall–Kier alpha value is -2.29. The molecule has 2 fully saturated rings. The van der Waals surface area contributed by atoms with Crippen molar-refractivity contribution in [2.24, 2.45) is 5.92 Å². The van der Waals surface area contributed by atoms with Gasteiger partial charge in [-0.15, -0.1) is 0 Å². The zero-order valence-electron chi connectivity index (χ0n) is 23.3. The molecule has 1 aliphatic heterocycles. The van der Waals surface area contributed by atoms with Crippen molar-refractivity contribution in [1.29, 1.82) is 5.26 Å². The van der Waals surface area contributed by atoms with Gasteiger partial charge in [0.05, 0.1) is 33.9 Å². The van der Waals surface area contributed by atoms with Gasteiger partial charge in [0, 0.05) is 47.8 Å². The van der Waals surface area contributed by atoms with Gasteiger partial charge < -0.3 is 4.90 Å². The Balaban J connectivity index is 1.26. The van der Waals surface area contributed by atoms with Crippen LogP contribution in [0.3, 0.4) is 0 Å². The Labute approximate surface area is 248 Å². The van der Waals surface area contributed by atoms with Crippen molar-refractivity contribution in [3.8, 4) is 11.8 Å². The Kier molecular flexibility index (Phi) is 8.98. The van der Waals surface area contributed by atoms with E-state index in [-0.39, 0.29) is 16.8 Å². The molecule has 6 nitrogen and oxygen atoms in total. The van der Waals surface area contributed by atoms with Crippen LogP contribution in [0.5, 0.6) is 0 Å². The first-order valence-electron chi connectivity index (χ1n) is 14.5. The minimum absolute atomic E-state index is 0.0938. The summed E-state index contributed by atoms with van der Waals surface area (Å²) in [6, 6.07) is 14.9. The normalized spacial score (nSPS) is 17.6. The number of nitrogens with zero attached hydrogens (tertiary/aromatic N) is 5. The number of para-hydroxylation sites is 2. The van der Waals surface area contributed by atoms with Crippen molar-refractivity contribution in [3.05, 3.63) is 64.1 Å². The number of rotatable bonds is 10. The summed E-state index contributed by atoms with van der Waals surface area (Å²) < 4.78 is 28.6. The van der Waals surface area contributed by atoms with Crippen LogP contribution >= 0.6 is 22.6 Å². The van der Waals surface area contributed by atoms with Gasteiger partial charge in [0.1, 0.15) is 0 Å². The second-order valence-corrected chi connectivity index (χ2v) is 13.0. The molecule has 9 heteroatoms. The Morgan fingerprint density at radius 1 is 1.07 bits per heavy atom. The van der Waals surface area contributed by atoms with Crippen molar-refractivity contribution < 1.29 is 8.78 Å². The van der Waals surface area contributed by atoms with E-state index in [4.69, 9.17) is 0 Å². The highest BCUT2D eigenvalue weighted by Gasteiger charge is 2.32. The van der Waals surface area contributed by atoms with Gasteiger partial charge in [0.15, 0.2) is 0 Å². The maximum atomic E-state index is 14.3. The summed E-state index contributed by atoms with van der Waals surface area (Å²) in [5.74, 6) is 0.757. The molecule has 0 bridgehead atoms.